The summed E-state index contributed by atoms with van der Waals surface area (Å²) in [7, 11) is 0. The second kappa shape index (κ2) is 9.18. The SMILES string of the molecule is O=C(N[C@H](NC(=S)Nc1ccccc1)C(Cl)(Cl)Cl)c1cccc([N+](=O)[O-])c1. The Labute approximate surface area is 175 Å². The molecule has 11 heteroatoms. The molecule has 0 aliphatic carbocycles. The summed E-state index contributed by atoms with van der Waals surface area (Å²) in [5, 5.41) is 19.0. The number of nitro benzene ring substituents is 1. The van der Waals surface area contributed by atoms with Gasteiger partial charge >= 0.3 is 0 Å². The topological polar surface area (TPSA) is 96.3 Å². The highest BCUT2D eigenvalue weighted by Gasteiger charge is 2.35. The van der Waals surface area contributed by atoms with Gasteiger partial charge in [0.1, 0.15) is 6.17 Å². The Morgan fingerprint density at radius 3 is 2.33 bits per heavy atom. The van der Waals surface area contributed by atoms with E-state index in [1.807, 2.05) is 18.2 Å². The highest BCUT2D eigenvalue weighted by Crippen LogP contribution is 2.29. The predicted octanol–water partition coefficient (Wildman–Crippen LogP) is 4.01. The number of hydrogen-bond donors (Lipinski definition) is 3. The number of anilines is 1. The molecule has 27 heavy (non-hydrogen) atoms. The number of non-ortho nitro benzene ring substituents is 1. The summed E-state index contributed by atoms with van der Waals surface area (Å²) in [6.45, 7) is 0. The number of alkyl halides is 3. The normalized spacial score (nSPS) is 12.0. The molecule has 0 aliphatic rings. The highest BCUT2D eigenvalue weighted by molar-refractivity contribution is 7.80. The average Bonchev–Trinajstić information content (AvgIpc) is 2.61. The Hall–Kier alpha value is -2.13. The Morgan fingerprint density at radius 2 is 1.74 bits per heavy atom. The van der Waals surface area contributed by atoms with Crippen LogP contribution in [0.3, 0.4) is 0 Å². The second-order valence-corrected chi connectivity index (χ2v) is 8.00. The fourth-order valence-electron chi connectivity index (χ4n) is 1.99. The number of nitrogens with one attached hydrogen (secondary N) is 3. The number of halogens is 3. The maximum Gasteiger partial charge on any atom is 0.270 e. The van der Waals surface area contributed by atoms with Crippen LogP contribution in [0, 0.1) is 10.1 Å². The minimum Gasteiger partial charge on any atom is -0.339 e. The van der Waals surface area contributed by atoms with Gasteiger partial charge in [-0.05, 0) is 30.4 Å². The number of rotatable bonds is 5. The van der Waals surface area contributed by atoms with Crippen LogP contribution in [0.25, 0.3) is 0 Å². The standard InChI is InChI=1S/C16H13Cl3N4O3S/c17-16(18,19)14(22-15(27)20-11-6-2-1-3-7-11)21-13(24)10-5-4-8-12(9-10)23(25)26/h1-9,14H,(H,21,24)(H2,20,22,27)/t14-/m1/s1. The van der Waals surface area contributed by atoms with Gasteiger partial charge in [-0.2, -0.15) is 0 Å². The molecule has 2 rings (SSSR count). The summed E-state index contributed by atoms with van der Waals surface area (Å²) in [6, 6.07) is 14.2. The molecule has 0 saturated heterocycles. The zero-order valence-electron chi connectivity index (χ0n) is 13.5. The minimum absolute atomic E-state index is 0.0344. The molecule has 0 saturated carbocycles. The van der Waals surface area contributed by atoms with Gasteiger partial charge in [-0.3, -0.25) is 14.9 Å². The van der Waals surface area contributed by atoms with E-state index in [0.717, 1.165) is 6.07 Å². The van der Waals surface area contributed by atoms with Gasteiger partial charge < -0.3 is 16.0 Å². The summed E-state index contributed by atoms with van der Waals surface area (Å²) in [5.41, 5.74) is 0.498. The second-order valence-electron chi connectivity index (χ2n) is 5.22. The van der Waals surface area contributed by atoms with E-state index >= 15 is 0 Å². The number of hydrogen-bond acceptors (Lipinski definition) is 4. The summed E-state index contributed by atoms with van der Waals surface area (Å²) < 4.78 is -1.95. The molecule has 0 radical (unpaired) electrons. The van der Waals surface area contributed by atoms with Gasteiger partial charge in [0, 0.05) is 23.4 Å². The van der Waals surface area contributed by atoms with E-state index in [4.69, 9.17) is 47.0 Å². The van der Waals surface area contributed by atoms with Crippen LogP contribution in [-0.2, 0) is 0 Å². The maximum absolute atomic E-state index is 12.4. The van der Waals surface area contributed by atoms with Crippen LogP contribution in [0.2, 0.25) is 0 Å². The summed E-state index contributed by atoms with van der Waals surface area (Å²) >= 11 is 22.9. The van der Waals surface area contributed by atoms with Crippen molar-refractivity contribution in [1.82, 2.24) is 10.6 Å². The number of nitrogens with zero attached hydrogens (tertiary/aromatic N) is 1. The van der Waals surface area contributed by atoms with Crippen LogP contribution >= 0.6 is 47.0 Å². The van der Waals surface area contributed by atoms with Crippen molar-refractivity contribution >= 4 is 69.4 Å². The number of para-hydroxylation sites is 1. The maximum atomic E-state index is 12.4. The van der Waals surface area contributed by atoms with Crippen LogP contribution in [0.5, 0.6) is 0 Å². The van der Waals surface area contributed by atoms with E-state index in [0.29, 0.717) is 5.69 Å². The zero-order valence-corrected chi connectivity index (χ0v) is 16.6. The molecule has 1 atom stereocenters. The molecule has 2 aromatic rings. The van der Waals surface area contributed by atoms with Crippen LogP contribution in [0.15, 0.2) is 54.6 Å². The van der Waals surface area contributed by atoms with E-state index in [2.05, 4.69) is 16.0 Å². The first kappa shape index (κ1) is 21.2. The molecule has 3 N–H and O–H groups in total. The van der Waals surface area contributed by atoms with Crippen molar-refractivity contribution in [2.75, 3.05) is 5.32 Å². The third-order valence-electron chi connectivity index (χ3n) is 3.23. The molecule has 7 nitrogen and oxygen atoms in total. The molecule has 0 spiro atoms. The third-order valence-corrected chi connectivity index (χ3v) is 4.10. The zero-order chi connectivity index (χ0) is 20.0. The number of amides is 1. The molecular formula is C16H13Cl3N4O3S. The van der Waals surface area contributed by atoms with E-state index < -0.39 is 20.8 Å². The first-order chi connectivity index (χ1) is 12.7. The molecule has 0 unspecified atom stereocenters. The highest BCUT2D eigenvalue weighted by atomic mass is 35.6. The number of nitro groups is 1. The van der Waals surface area contributed by atoms with Crippen molar-refractivity contribution in [2.24, 2.45) is 0 Å². The van der Waals surface area contributed by atoms with E-state index in [1.54, 1.807) is 12.1 Å². The van der Waals surface area contributed by atoms with Gasteiger partial charge in [0.05, 0.1) is 4.92 Å². The summed E-state index contributed by atoms with van der Waals surface area (Å²) in [6.07, 6.45) is -1.20. The molecule has 142 valence electrons. The van der Waals surface area contributed by atoms with Gasteiger partial charge in [-0.25, -0.2) is 0 Å². The lowest BCUT2D eigenvalue weighted by Gasteiger charge is -2.27. The lowest BCUT2D eigenvalue weighted by molar-refractivity contribution is -0.384. The van der Waals surface area contributed by atoms with Crippen molar-refractivity contribution in [3.05, 3.63) is 70.3 Å². The van der Waals surface area contributed by atoms with E-state index in [1.165, 1.54) is 18.2 Å². The van der Waals surface area contributed by atoms with E-state index in [9.17, 15) is 14.9 Å². The molecular weight excluding hydrogens is 435 g/mol. The number of carbonyl (C=O) groups is 1. The average molecular weight is 448 g/mol. The Balaban J connectivity index is 2.10. The van der Waals surface area contributed by atoms with Crippen molar-refractivity contribution in [2.45, 2.75) is 9.96 Å². The molecule has 0 aromatic heterocycles. The fourth-order valence-corrected chi connectivity index (χ4v) is 2.56. The monoisotopic (exact) mass is 446 g/mol. The summed E-state index contributed by atoms with van der Waals surface area (Å²) in [5.74, 6) is -0.676. The molecule has 0 bridgehead atoms. The number of carbonyl (C=O) groups excluding carboxylic acids is 1. The van der Waals surface area contributed by atoms with Crippen LogP contribution in [0.1, 0.15) is 10.4 Å². The predicted molar refractivity (Wildman–Crippen MR) is 110 cm³/mol. The van der Waals surface area contributed by atoms with Crippen molar-refractivity contribution in [1.29, 1.82) is 0 Å². The van der Waals surface area contributed by atoms with Gasteiger partial charge in [0.15, 0.2) is 5.11 Å². The molecule has 0 heterocycles. The molecule has 0 fully saturated rings. The minimum atomic E-state index is -1.95. The lowest BCUT2D eigenvalue weighted by atomic mass is 10.2. The van der Waals surface area contributed by atoms with Gasteiger partial charge in [-0.1, -0.05) is 59.1 Å². The van der Waals surface area contributed by atoms with Gasteiger partial charge in [-0.15, -0.1) is 0 Å². The van der Waals surface area contributed by atoms with E-state index in [-0.39, 0.29) is 16.4 Å². The number of benzene rings is 2. The third kappa shape index (κ3) is 6.51. The smallest absolute Gasteiger partial charge is 0.270 e. The van der Waals surface area contributed by atoms with Gasteiger partial charge in [0.25, 0.3) is 11.6 Å². The first-order valence-corrected chi connectivity index (χ1v) is 8.95. The molecule has 0 aliphatic heterocycles. The molecule has 2 aromatic carbocycles. The largest absolute Gasteiger partial charge is 0.339 e. The Morgan fingerprint density at radius 1 is 1.07 bits per heavy atom. The Kier molecular flexibility index (Phi) is 7.20. The fraction of sp³-hybridized carbons (Fsp3) is 0.125. The summed E-state index contributed by atoms with van der Waals surface area (Å²) in [4.78, 5) is 22.6. The molecule has 1 amide bonds. The van der Waals surface area contributed by atoms with Gasteiger partial charge in [0.2, 0.25) is 3.79 Å². The van der Waals surface area contributed by atoms with Crippen LogP contribution in [0.4, 0.5) is 11.4 Å². The van der Waals surface area contributed by atoms with Crippen molar-refractivity contribution in [3.63, 3.8) is 0 Å². The Bertz CT molecular complexity index is 846. The van der Waals surface area contributed by atoms with Crippen molar-refractivity contribution in [3.8, 4) is 0 Å². The van der Waals surface area contributed by atoms with Crippen LogP contribution in [-0.4, -0.2) is 25.9 Å². The van der Waals surface area contributed by atoms with Crippen molar-refractivity contribution < 1.29 is 9.72 Å². The quantitative estimate of drug-likeness (QED) is 0.211. The lowest BCUT2D eigenvalue weighted by Crippen LogP contribution is -2.56. The first-order valence-electron chi connectivity index (χ1n) is 7.41. The number of thiocarbonyl (C=S) groups is 1. The van der Waals surface area contributed by atoms with Crippen LogP contribution < -0.4 is 16.0 Å².